The van der Waals surface area contributed by atoms with E-state index < -0.39 is 5.60 Å². The number of Topliss-reactive ketones (excluding diaryl/α,β-unsaturated/α-hetero) is 1. The molecule has 1 fully saturated rings. The van der Waals surface area contributed by atoms with Crippen molar-refractivity contribution in [3.05, 3.63) is 35.6 Å². The van der Waals surface area contributed by atoms with Gasteiger partial charge in [-0.1, -0.05) is 0 Å². The molecule has 0 saturated carbocycles. The van der Waals surface area contributed by atoms with E-state index in [2.05, 4.69) is 5.32 Å². The van der Waals surface area contributed by atoms with Crippen LogP contribution in [0.2, 0.25) is 0 Å². The molecule has 0 radical (unpaired) electrons. The smallest absolute Gasteiger partial charge is 0.309 e. The molecular weight excluding hydrogens is 321 g/mol. The third kappa shape index (κ3) is 6.58. The first-order chi connectivity index (χ1) is 11.9. The number of ketones is 1. The third-order valence-corrected chi connectivity index (χ3v) is 4.65. The van der Waals surface area contributed by atoms with E-state index in [9.17, 15) is 14.0 Å². The fraction of sp³-hybridized carbons (Fsp3) is 0.600. The third-order valence-electron chi connectivity index (χ3n) is 4.65. The number of carbonyl (C=O) groups excluding carboxylic acids is 2. The van der Waals surface area contributed by atoms with E-state index in [1.165, 1.54) is 24.3 Å². The number of hydrogen-bond acceptors (Lipinski definition) is 4. The monoisotopic (exact) mass is 349 g/mol. The molecule has 2 rings (SSSR count). The number of rotatable bonds is 8. The maximum absolute atomic E-state index is 12.9. The second-order valence-corrected chi connectivity index (χ2v) is 7.34. The summed E-state index contributed by atoms with van der Waals surface area (Å²) in [5, 5.41) is 3.24. The maximum atomic E-state index is 12.9. The largest absolute Gasteiger partial charge is 0.459 e. The Balaban J connectivity index is 1.69. The van der Waals surface area contributed by atoms with Crippen LogP contribution in [0.1, 0.15) is 62.7 Å². The first-order valence-electron chi connectivity index (χ1n) is 9.10. The molecule has 1 aromatic carbocycles. The van der Waals surface area contributed by atoms with Gasteiger partial charge in [0.25, 0.3) is 0 Å². The van der Waals surface area contributed by atoms with Crippen LogP contribution in [-0.4, -0.2) is 30.4 Å². The molecule has 0 bridgehead atoms. The summed E-state index contributed by atoms with van der Waals surface area (Å²) in [5.74, 6) is -0.423. The summed E-state index contributed by atoms with van der Waals surface area (Å²) in [7, 11) is 0. The molecule has 4 nitrogen and oxygen atoms in total. The lowest BCUT2D eigenvalue weighted by Crippen LogP contribution is -2.37. The molecule has 0 aromatic heterocycles. The lowest BCUT2D eigenvalue weighted by atomic mass is 9.96. The van der Waals surface area contributed by atoms with E-state index >= 15 is 0 Å². The number of nitrogens with one attached hydrogen (secondary N) is 1. The number of hydrogen-bond donors (Lipinski definition) is 1. The number of piperidine rings is 1. The van der Waals surface area contributed by atoms with Crippen molar-refractivity contribution in [2.24, 2.45) is 5.92 Å². The molecule has 1 aliphatic heterocycles. The highest BCUT2D eigenvalue weighted by atomic mass is 19.1. The number of ether oxygens (including phenoxy) is 1. The van der Waals surface area contributed by atoms with Crippen LogP contribution in [-0.2, 0) is 9.53 Å². The van der Waals surface area contributed by atoms with Crippen LogP contribution in [0.25, 0.3) is 0 Å². The Kier molecular flexibility index (Phi) is 7.12. The highest BCUT2D eigenvalue weighted by Crippen LogP contribution is 2.23. The Hall–Kier alpha value is -1.75. The molecule has 0 atom stereocenters. The van der Waals surface area contributed by atoms with E-state index in [-0.39, 0.29) is 23.5 Å². The van der Waals surface area contributed by atoms with Gasteiger partial charge in [-0.05, 0) is 83.3 Å². The highest BCUT2D eigenvalue weighted by Gasteiger charge is 2.28. The fourth-order valence-corrected chi connectivity index (χ4v) is 3.08. The minimum absolute atomic E-state index is 0.000536. The van der Waals surface area contributed by atoms with Gasteiger partial charge in [0.05, 0.1) is 5.92 Å². The zero-order chi connectivity index (χ0) is 18.3. The average Bonchev–Trinajstić information content (AvgIpc) is 2.59. The Morgan fingerprint density at radius 3 is 2.44 bits per heavy atom. The van der Waals surface area contributed by atoms with Gasteiger partial charge < -0.3 is 10.1 Å². The maximum Gasteiger partial charge on any atom is 0.309 e. The molecule has 1 aromatic rings. The second-order valence-electron chi connectivity index (χ2n) is 7.34. The van der Waals surface area contributed by atoms with Gasteiger partial charge in [0.2, 0.25) is 0 Å². The molecule has 0 aliphatic carbocycles. The van der Waals surface area contributed by atoms with Crippen LogP contribution in [0, 0.1) is 11.7 Å². The predicted octanol–water partition coefficient (Wildman–Crippen LogP) is 3.89. The van der Waals surface area contributed by atoms with Crippen LogP contribution in [0.3, 0.4) is 0 Å². The SMILES string of the molecule is CC(C)(CCCCC(=O)c1ccc(F)cc1)OC(=O)C1CCNCC1. The van der Waals surface area contributed by atoms with Crippen molar-refractivity contribution in [1.29, 1.82) is 0 Å². The Bertz CT molecular complexity index is 577. The average molecular weight is 349 g/mol. The molecule has 5 heteroatoms. The summed E-state index contributed by atoms with van der Waals surface area (Å²) < 4.78 is 18.6. The quantitative estimate of drug-likeness (QED) is 0.439. The van der Waals surface area contributed by atoms with Gasteiger partial charge in [-0.2, -0.15) is 0 Å². The number of unbranched alkanes of at least 4 members (excludes halogenated alkanes) is 1. The van der Waals surface area contributed by atoms with Gasteiger partial charge in [-0.3, -0.25) is 9.59 Å². The number of carbonyl (C=O) groups is 2. The van der Waals surface area contributed by atoms with Crippen LogP contribution in [0.4, 0.5) is 4.39 Å². The Morgan fingerprint density at radius 2 is 1.80 bits per heavy atom. The highest BCUT2D eigenvalue weighted by molar-refractivity contribution is 5.95. The lowest BCUT2D eigenvalue weighted by Gasteiger charge is -2.29. The van der Waals surface area contributed by atoms with E-state index in [1.807, 2.05) is 13.8 Å². The molecule has 1 N–H and O–H groups in total. The molecular formula is C20H28FNO3. The molecule has 138 valence electrons. The van der Waals surface area contributed by atoms with Gasteiger partial charge in [0.1, 0.15) is 11.4 Å². The predicted molar refractivity (Wildman–Crippen MR) is 95.0 cm³/mol. The van der Waals surface area contributed by atoms with Crippen molar-refractivity contribution in [2.75, 3.05) is 13.1 Å². The molecule has 0 amide bonds. The molecule has 0 spiro atoms. The van der Waals surface area contributed by atoms with Crippen molar-refractivity contribution >= 4 is 11.8 Å². The number of benzene rings is 1. The van der Waals surface area contributed by atoms with E-state index in [4.69, 9.17) is 4.74 Å². The summed E-state index contributed by atoms with van der Waals surface area (Å²) in [6.07, 6.45) is 4.34. The van der Waals surface area contributed by atoms with Crippen molar-refractivity contribution in [1.82, 2.24) is 5.32 Å². The molecule has 0 unspecified atom stereocenters. The van der Waals surface area contributed by atoms with E-state index in [0.717, 1.165) is 45.2 Å². The molecule has 1 aliphatic rings. The summed E-state index contributed by atoms with van der Waals surface area (Å²) >= 11 is 0. The van der Waals surface area contributed by atoms with Crippen LogP contribution in [0.15, 0.2) is 24.3 Å². The number of esters is 1. The van der Waals surface area contributed by atoms with Gasteiger partial charge >= 0.3 is 5.97 Å². The lowest BCUT2D eigenvalue weighted by molar-refractivity contribution is -0.163. The molecule has 1 saturated heterocycles. The van der Waals surface area contributed by atoms with Crippen molar-refractivity contribution < 1.29 is 18.7 Å². The first-order valence-corrected chi connectivity index (χ1v) is 9.10. The van der Waals surface area contributed by atoms with Gasteiger partial charge in [0.15, 0.2) is 5.78 Å². The molecule has 1 heterocycles. The van der Waals surface area contributed by atoms with Crippen LogP contribution >= 0.6 is 0 Å². The van der Waals surface area contributed by atoms with Crippen molar-refractivity contribution in [3.63, 3.8) is 0 Å². The summed E-state index contributed by atoms with van der Waals surface area (Å²) in [6.45, 7) is 5.58. The zero-order valence-corrected chi connectivity index (χ0v) is 15.1. The zero-order valence-electron chi connectivity index (χ0n) is 15.1. The summed E-state index contributed by atoms with van der Waals surface area (Å²) in [4.78, 5) is 24.3. The van der Waals surface area contributed by atoms with Gasteiger partial charge in [-0.15, -0.1) is 0 Å². The Labute approximate surface area is 149 Å². The molecule has 25 heavy (non-hydrogen) atoms. The van der Waals surface area contributed by atoms with Crippen molar-refractivity contribution in [2.45, 2.75) is 58.0 Å². The standard InChI is InChI=1S/C20H28FNO3/c1-20(2,25-19(24)16-10-13-22-14-11-16)12-4-3-5-18(23)15-6-8-17(21)9-7-15/h6-9,16,22H,3-5,10-14H2,1-2H3. The minimum atomic E-state index is -0.513. The number of halogens is 1. The summed E-state index contributed by atoms with van der Waals surface area (Å²) in [6, 6.07) is 5.64. The van der Waals surface area contributed by atoms with Gasteiger partial charge in [-0.25, -0.2) is 4.39 Å². The van der Waals surface area contributed by atoms with Crippen LogP contribution < -0.4 is 5.32 Å². The first kappa shape index (κ1) is 19.6. The van der Waals surface area contributed by atoms with Gasteiger partial charge in [0, 0.05) is 12.0 Å². The topological polar surface area (TPSA) is 55.4 Å². The second kappa shape index (κ2) is 9.09. The van der Waals surface area contributed by atoms with Crippen molar-refractivity contribution in [3.8, 4) is 0 Å². The summed E-state index contributed by atoms with van der Waals surface area (Å²) in [5.41, 5.74) is 0.0268. The normalized spacial score (nSPS) is 15.8. The van der Waals surface area contributed by atoms with E-state index in [1.54, 1.807) is 0 Å². The Morgan fingerprint density at radius 1 is 1.16 bits per heavy atom. The fourth-order valence-electron chi connectivity index (χ4n) is 3.08. The van der Waals surface area contributed by atoms with Crippen LogP contribution in [0.5, 0.6) is 0 Å². The van der Waals surface area contributed by atoms with E-state index in [0.29, 0.717) is 12.0 Å². The minimum Gasteiger partial charge on any atom is -0.459 e.